The topological polar surface area (TPSA) is 33.7 Å². The predicted octanol–water partition coefficient (Wildman–Crippen LogP) is 1.11. The fourth-order valence-corrected chi connectivity index (χ4v) is 2.80. The Morgan fingerprint density at radius 2 is 2.00 bits per heavy atom. The van der Waals surface area contributed by atoms with E-state index in [1.54, 1.807) is 0 Å². The molecule has 1 unspecified atom stereocenters. The summed E-state index contributed by atoms with van der Waals surface area (Å²) < 4.78 is 11.0. The Morgan fingerprint density at radius 1 is 1.17 bits per heavy atom. The van der Waals surface area contributed by atoms with Gasteiger partial charge in [0, 0.05) is 46.0 Å². The third kappa shape index (κ3) is 5.22. The zero-order chi connectivity index (χ0) is 12.6. The molecule has 0 amide bonds. The number of rotatable bonds is 7. The number of hydrogen-bond donors (Lipinski definition) is 1. The van der Waals surface area contributed by atoms with Crippen LogP contribution in [0.15, 0.2) is 0 Å². The molecule has 0 aliphatic carbocycles. The highest BCUT2D eigenvalue weighted by Crippen LogP contribution is 2.15. The van der Waals surface area contributed by atoms with Crippen molar-refractivity contribution in [3.63, 3.8) is 0 Å². The van der Waals surface area contributed by atoms with E-state index in [4.69, 9.17) is 9.47 Å². The first-order valence-electron chi connectivity index (χ1n) is 7.43. The molecule has 0 radical (unpaired) electrons. The fraction of sp³-hybridized carbons (Fsp3) is 1.00. The van der Waals surface area contributed by atoms with Crippen molar-refractivity contribution in [3.05, 3.63) is 0 Å². The molecule has 18 heavy (non-hydrogen) atoms. The Bertz CT molecular complexity index is 214. The van der Waals surface area contributed by atoms with E-state index in [1.165, 1.54) is 32.2 Å². The molecule has 0 saturated carbocycles. The van der Waals surface area contributed by atoms with Gasteiger partial charge in [-0.25, -0.2) is 0 Å². The largest absolute Gasteiger partial charge is 0.381 e. The first-order chi connectivity index (χ1) is 8.84. The van der Waals surface area contributed by atoms with Gasteiger partial charge in [0.25, 0.3) is 0 Å². The van der Waals surface area contributed by atoms with Crippen molar-refractivity contribution in [2.24, 2.45) is 5.92 Å². The van der Waals surface area contributed by atoms with Crippen LogP contribution in [0.4, 0.5) is 0 Å². The molecule has 0 bridgehead atoms. The summed E-state index contributed by atoms with van der Waals surface area (Å²) in [4.78, 5) is 2.44. The second-order valence-corrected chi connectivity index (χ2v) is 5.66. The third-order valence-corrected chi connectivity index (χ3v) is 3.98. The highest BCUT2D eigenvalue weighted by atomic mass is 16.5. The van der Waals surface area contributed by atoms with Crippen LogP contribution in [0.25, 0.3) is 0 Å². The number of nitrogens with zero attached hydrogens (tertiary/aromatic N) is 1. The van der Waals surface area contributed by atoms with Gasteiger partial charge in [-0.15, -0.1) is 0 Å². The van der Waals surface area contributed by atoms with Gasteiger partial charge < -0.3 is 19.7 Å². The molecule has 0 aromatic heterocycles. The van der Waals surface area contributed by atoms with Crippen molar-refractivity contribution >= 4 is 0 Å². The maximum absolute atomic E-state index is 5.59. The normalized spacial score (nSPS) is 26.0. The van der Waals surface area contributed by atoms with E-state index in [0.29, 0.717) is 6.10 Å². The predicted molar refractivity (Wildman–Crippen MR) is 72.9 cm³/mol. The van der Waals surface area contributed by atoms with Crippen LogP contribution in [0.1, 0.15) is 25.7 Å². The van der Waals surface area contributed by atoms with E-state index >= 15 is 0 Å². The lowest BCUT2D eigenvalue weighted by Gasteiger charge is -2.27. The van der Waals surface area contributed by atoms with Crippen LogP contribution >= 0.6 is 0 Å². The molecule has 2 aliphatic heterocycles. The van der Waals surface area contributed by atoms with Crippen molar-refractivity contribution in [1.29, 1.82) is 0 Å². The van der Waals surface area contributed by atoms with Crippen LogP contribution in [0.3, 0.4) is 0 Å². The number of hydrogen-bond acceptors (Lipinski definition) is 4. The SMILES string of the molecule is CN(CCNCC1CCCO1)CC1CCOCC1. The van der Waals surface area contributed by atoms with E-state index in [0.717, 1.165) is 45.4 Å². The minimum absolute atomic E-state index is 0.464. The Kier molecular flexibility index (Phi) is 6.41. The molecule has 2 rings (SSSR count). The molecule has 4 nitrogen and oxygen atoms in total. The summed E-state index contributed by atoms with van der Waals surface area (Å²) in [5.41, 5.74) is 0. The van der Waals surface area contributed by atoms with Gasteiger partial charge in [-0.3, -0.25) is 0 Å². The minimum atomic E-state index is 0.464. The van der Waals surface area contributed by atoms with Crippen LogP contribution in [0, 0.1) is 5.92 Å². The van der Waals surface area contributed by atoms with E-state index in [9.17, 15) is 0 Å². The average Bonchev–Trinajstić information content (AvgIpc) is 2.89. The second-order valence-electron chi connectivity index (χ2n) is 5.66. The minimum Gasteiger partial charge on any atom is -0.381 e. The number of likely N-dealkylation sites (N-methyl/N-ethyl adjacent to an activating group) is 1. The Balaban J connectivity index is 1.47. The lowest BCUT2D eigenvalue weighted by atomic mass is 10.00. The first-order valence-corrected chi connectivity index (χ1v) is 7.43. The molecule has 2 aliphatic rings. The van der Waals surface area contributed by atoms with Gasteiger partial charge in [0.15, 0.2) is 0 Å². The van der Waals surface area contributed by atoms with Crippen LogP contribution < -0.4 is 5.32 Å². The van der Waals surface area contributed by atoms with Crippen LogP contribution in [-0.4, -0.2) is 64.1 Å². The molecule has 106 valence electrons. The smallest absolute Gasteiger partial charge is 0.0700 e. The number of nitrogens with one attached hydrogen (secondary N) is 1. The lowest BCUT2D eigenvalue weighted by Crippen LogP contribution is -2.36. The third-order valence-electron chi connectivity index (χ3n) is 3.98. The van der Waals surface area contributed by atoms with E-state index in [-0.39, 0.29) is 0 Å². The van der Waals surface area contributed by atoms with Gasteiger partial charge in [0.2, 0.25) is 0 Å². The molecule has 2 fully saturated rings. The fourth-order valence-electron chi connectivity index (χ4n) is 2.80. The van der Waals surface area contributed by atoms with Crippen molar-refractivity contribution in [3.8, 4) is 0 Å². The van der Waals surface area contributed by atoms with Crippen molar-refractivity contribution in [2.75, 3.05) is 53.0 Å². The summed E-state index contributed by atoms with van der Waals surface area (Å²) in [7, 11) is 2.23. The van der Waals surface area contributed by atoms with Gasteiger partial charge >= 0.3 is 0 Å². The van der Waals surface area contributed by atoms with E-state index in [2.05, 4.69) is 17.3 Å². The van der Waals surface area contributed by atoms with Crippen molar-refractivity contribution in [1.82, 2.24) is 10.2 Å². The molecule has 2 heterocycles. The zero-order valence-electron chi connectivity index (χ0n) is 11.7. The van der Waals surface area contributed by atoms with Gasteiger partial charge in [0.1, 0.15) is 0 Å². The van der Waals surface area contributed by atoms with Crippen molar-refractivity contribution in [2.45, 2.75) is 31.8 Å². The van der Waals surface area contributed by atoms with Gasteiger partial charge in [-0.1, -0.05) is 0 Å². The van der Waals surface area contributed by atoms with Gasteiger partial charge in [0.05, 0.1) is 6.10 Å². The molecule has 0 aromatic rings. The maximum atomic E-state index is 5.59. The molecular formula is C14H28N2O2. The molecule has 2 saturated heterocycles. The zero-order valence-corrected chi connectivity index (χ0v) is 11.7. The van der Waals surface area contributed by atoms with E-state index < -0.39 is 0 Å². The van der Waals surface area contributed by atoms with E-state index in [1.807, 2.05) is 0 Å². The number of ether oxygens (including phenoxy) is 2. The first kappa shape index (κ1) is 14.3. The molecular weight excluding hydrogens is 228 g/mol. The van der Waals surface area contributed by atoms with Crippen LogP contribution in [0.2, 0.25) is 0 Å². The molecule has 4 heteroatoms. The second kappa shape index (κ2) is 8.10. The van der Waals surface area contributed by atoms with Crippen LogP contribution in [0.5, 0.6) is 0 Å². The highest BCUT2D eigenvalue weighted by Gasteiger charge is 2.16. The monoisotopic (exact) mass is 256 g/mol. The summed E-state index contributed by atoms with van der Waals surface area (Å²) in [6.07, 6.45) is 5.38. The molecule has 1 atom stereocenters. The molecule has 1 N–H and O–H groups in total. The average molecular weight is 256 g/mol. The Hall–Kier alpha value is -0.160. The Labute approximate surface area is 111 Å². The summed E-state index contributed by atoms with van der Waals surface area (Å²) >= 11 is 0. The quantitative estimate of drug-likeness (QED) is 0.692. The maximum Gasteiger partial charge on any atom is 0.0700 e. The highest BCUT2D eigenvalue weighted by molar-refractivity contribution is 4.70. The summed E-state index contributed by atoms with van der Waals surface area (Å²) in [6.45, 7) is 7.29. The summed E-state index contributed by atoms with van der Waals surface area (Å²) in [5.74, 6) is 0.835. The van der Waals surface area contributed by atoms with Gasteiger partial charge in [-0.2, -0.15) is 0 Å². The van der Waals surface area contributed by atoms with Crippen LogP contribution in [-0.2, 0) is 9.47 Å². The molecule has 0 aromatic carbocycles. The molecule has 0 spiro atoms. The Morgan fingerprint density at radius 3 is 2.72 bits per heavy atom. The van der Waals surface area contributed by atoms with Gasteiger partial charge in [-0.05, 0) is 38.6 Å². The summed E-state index contributed by atoms with van der Waals surface area (Å²) in [6, 6.07) is 0. The summed E-state index contributed by atoms with van der Waals surface area (Å²) in [5, 5.41) is 3.50. The van der Waals surface area contributed by atoms with Crippen molar-refractivity contribution < 1.29 is 9.47 Å². The lowest BCUT2D eigenvalue weighted by molar-refractivity contribution is 0.0556. The standard InChI is InChI=1S/C14H28N2O2/c1-16(12-13-4-9-17-10-5-13)7-6-15-11-14-3-2-8-18-14/h13-15H,2-12H2,1H3.